The van der Waals surface area contributed by atoms with Crippen LogP contribution in [0.4, 0.5) is 0 Å². The van der Waals surface area contributed by atoms with Gasteiger partial charge in [0.15, 0.2) is 0 Å². The fourth-order valence-electron chi connectivity index (χ4n) is 2.51. The lowest BCUT2D eigenvalue weighted by molar-refractivity contribution is -0.143. The number of esters is 1. The highest BCUT2D eigenvalue weighted by molar-refractivity contribution is 5.78. The van der Waals surface area contributed by atoms with Crippen LogP contribution in [0.2, 0.25) is 0 Å². The van der Waals surface area contributed by atoms with E-state index in [-0.39, 0.29) is 12.0 Å². The number of pyridine rings is 1. The number of methoxy groups -OCH3 is 1. The number of ether oxygens (including phenoxy) is 1. The zero-order valence-corrected chi connectivity index (χ0v) is 13.0. The van der Waals surface area contributed by atoms with Gasteiger partial charge in [-0.05, 0) is 30.7 Å². The summed E-state index contributed by atoms with van der Waals surface area (Å²) in [6.45, 7) is 1.95. The number of furan rings is 1. The van der Waals surface area contributed by atoms with Gasteiger partial charge in [0.05, 0.1) is 13.2 Å². The molecule has 5 nitrogen and oxygen atoms in total. The van der Waals surface area contributed by atoms with Gasteiger partial charge in [0, 0.05) is 17.8 Å². The molecule has 0 aliphatic carbocycles. The summed E-state index contributed by atoms with van der Waals surface area (Å²) in [5, 5.41) is 4.29. The van der Waals surface area contributed by atoms with E-state index in [4.69, 9.17) is 9.15 Å². The Morgan fingerprint density at radius 1 is 1.26 bits per heavy atom. The molecule has 2 atom stereocenters. The standard InChI is InChI=1S/C18H18N2O3/c1-12(16-10-13-6-3-4-8-15(13)23-16)20-17(18(21)22-2)14-7-5-9-19-11-14/h3-12,17,20H,1-2H3/t12-,17-/m1/s1. The fraction of sp³-hybridized carbons (Fsp3) is 0.222. The number of aromatic nitrogens is 1. The third-order valence-electron chi connectivity index (χ3n) is 3.74. The molecule has 23 heavy (non-hydrogen) atoms. The SMILES string of the molecule is COC(=O)[C@H](N[C@H](C)c1cc2ccccc2o1)c1cccnc1. The van der Waals surface area contributed by atoms with Gasteiger partial charge in [-0.15, -0.1) is 0 Å². The van der Waals surface area contributed by atoms with E-state index < -0.39 is 6.04 Å². The summed E-state index contributed by atoms with van der Waals surface area (Å²) >= 11 is 0. The van der Waals surface area contributed by atoms with Gasteiger partial charge in [-0.2, -0.15) is 0 Å². The van der Waals surface area contributed by atoms with Crippen molar-refractivity contribution in [3.8, 4) is 0 Å². The number of nitrogens with one attached hydrogen (secondary N) is 1. The van der Waals surface area contributed by atoms with Crippen molar-refractivity contribution >= 4 is 16.9 Å². The number of para-hydroxylation sites is 1. The molecule has 0 aliphatic rings. The maximum Gasteiger partial charge on any atom is 0.327 e. The second-order valence-electron chi connectivity index (χ2n) is 5.32. The monoisotopic (exact) mass is 310 g/mol. The molecule has 118 valence electrons. The summed E-state index contributed by atoms with van der Waals surface area (Å²) < 4.78 is 10.8. The molecule has 2 aromatic heterocycles. The van der Waals surface area contributed by atoms with E-state index in [9.17, 15) is 4.79 Å². The first-order chi connectivity index (χ1) is 11.2. The van der Waals surface area contributed by atoms with Crippen LogP contribution in [0.15, 0.2) is 59.3 Å². The van der Waals surface area contributed by atoms with Gasteiger partial charge in [0.25, 0.3) is 0 Å². The Morgan fingerprint density at radius 3 is 2.78 bits per heavy atom. The molecule has 0 bridgehead atoms. The number of fused-ring (bicyclic) bond motifs is 1. The zero-order chi connectivity index (χ0) is 16.2. The number of hydrogen-bond acceptors (Lipinski definition) is 5. The minimum absolute atomic E-state index is 0.160. The van der Waals surface area contributed by atoms with Crippen LogP contribution in [0.3, 0.4) is 0 Å². The van der Waals surface area contributed by atoms with Crippen molar-refractivity contribution in [2.24, 2.45) is 0 Å². The molecule has 0 amide bonds. The molecule has 1 aromatic carbocycles. The van der Waals surface area contributed by atoms with Crippen LogP contribution in [0, 0.1) is 0 Å². The average molecular weight is 310 g/mol. The number of rotatable bonds is 5. The van der Waals surface area contributed by atoms with Crippen LogP contribution >= 0.6 is 0 Å². The number of carbonyl (C=O) groups is 1. The van der Waals surface area contributed by atoms with Gasteiger partial charge >= 0.3 is 5.97 Å². The molecule has 0 aliphatic heterocycles. The molecule has 2 heterocycles. The Bertz CT molecular complexity index is 765. The number of benzene rings is 1. The van der Waals surface area contributed by atoms with E-state index in [0.717, 1.165) is 22.3 Å². The summed E-state index contributed by atoms with van der Waals surface area (Å²) in [5.74, 6) is 0.407. The van der Waals surface area contributed by atoms with Crippen molar-refractivity contribution < 1.29 is 13.9 Å². The molecular formula is C18H18N2O3. The Kier molecular flexibility index (Phi) is 4.39. The van der Waals surface area contributed by atoms with Crippen molar-refractivity contribution in [2.45, 2.75) is 19.0 Å². The molecule has 3 aromatic rings. The van der Waals surface area contributed by atoms with Crippen molar-refractivity contribution in [3.05, 3.63) is 66.2 Å². The van der Waals surface area contributed by atoms with Gasteiger partial charge in [-0.25, -0.2) is 4.79 Å². The summed E-state index contributed by atoms with van der Waals surface area (Å²) in [5.41, 5.74) is 1.58. The van der Waals surface area contributed by atoms with Gasteiger partial charge in [-0.3, -0.25) is 10.3 Å². The van der Waals surface area contributed by atoms with Gasteiger partial charge in [-0.1, -0.05) is 24.3 Å². The molecular weight excluding hydrogens is 292 g/mol. The third kappa shape index (κ3) is 3.24. The first-order valence-corrected chi connectivity index (χ1v) is 7.41. The molecule has 5 heteroatoms. The predicted octanol–water partition coefficient (Wildman–Crippen LogP) is 3.39. The Morgan fingerprint density at radius 2 is 2.09 bits per heavy atom. The normalized spacial score (nSPS) is 13.7. The van der Waals surface area contributed by atoms with Crippen molar-refractivity contribution in [1.29, 1.82) is 0 Å². The zero-order valence-electron chi connectivity index (χ0n) is 13.0. The molecule has 0 unspecified atom stereocenters. The Balaban J connectivity index is 1.85. The average Bonchev–Trinajstić information content (AvgIpc) is 3.04. The smallest absolute Gasteiger partial charge is 0.327 e. The summed E-state index contributed by atoms with van der Waals surface area (Å²) in [4.78, 5) is 16.2. The lowest BCUT2D eigenvalue weighted by Crippen LogP contribution is -2.31. The van der Waals surface area contributed by atoms with E-state index in [2.05, 4.69) is 10.3 Å². The molecule has 0 fully saturated rings. The Labute approximate surface area is 134 Å². The largest absolute Gasteiger partial charge is 0.468 e. The van der Waals surface area contributed by atoms with Crippen LogP contribution in [0.5, 0.6) is 0 Å². The predicted molar refractivity (Wildman–Crippen MR) is 86.8 cm³/mol. The van der Waals surface area contributed by atoms with Crippen LogP contribution in [-0.2, 0) is 9.53 Å². The molecule has 3 rings (SSSR count). The molecule has 1 N–H and O–H groups in total. The second-order valence-corrected chi connectivity index (χ2v) is 5.32. The number of hydrogen-bond donors (Lipinski definition) is 1. The second kappa shape index (κ2) is 6.62. The Hall–Kier alpha value is -2.66. The van der Waals surface area contributed by atoms with Gasteiger partial charge < -0.3 is 9.15 Å². The van der Waals surface area contributed by atoms with Gasteiger partial charge in [0.2, 0.25) is 0 Å². The highest BCUT2D eigenvalue weighted by atomic mass is 16.5. The van der Waals surface area contributed by atoms with Crippen LogP contribution < -0.4 is 5.32 Å². The van der Waals surface area contributed by atoms with E-state index in [1.54, 1.807) is 18.5 Å². The van der Waals surface area contributed by atoms with Crippen LogP contribution in [0.1, 0.15) is 30.3 Å². The minimum Gasteiger partial charge on any atom is -0.468 e. The quantitative estimate of drug-likeness (QED) is 0.732. The molecule has 0 spiro atoms. The van der Waals surface area contributed by atoms with E-state index in [0.29, 0.717) is 0 Å². The molecule has 0 radical (unpaired) electrons. The minimum atomic E-state index is -0.600. The lowest BCUT2D eigenvalue weighted by Gasteiger charge is -2.20. The van der Waals surface area contributed by atoms with Crippen molar-refractivity contribution in [3.63, 3.8) is 0 Å². The van der Waals surface area contributed by atoms with E-state index >= 15 is 0 Å². The topological polar surface area (TPSA) is 64.4 Å². The maximum atomic E-state index is 12.1. The van der Waals surface area contributed by atoms with Crippen LogP contribution in [-0.4, -0.2) is 18.1 Å². The van der Waals surface area contributed by atoms with E-state index in [1.807, 2.05) is 43.3 Å². The molecule has 0 saturated carbocycles. The first kappa shape index (κ1) is 15.2. The highest BCUT2D eigenvalue weighted by Crippen LogP contribution is 2.26. The lowest BCUT2D eigenvalue weighted by atomic mass is 10.1. The number of nitrogens with zero attached hydrogens (tertiary/aromatic N) is 1. The molecule has 0 saturated heterocycles. The summed E-state index contributed by atoms with van der Waals surface area (Å²) in [6, 6.07) is 12.7. The first-order valence-electron chi connectivity index (χ1n) is 7.41. The summed E-state index contributed by atoms with van der Waals surface area (Å²) in [6.07, 6.45) is 3.32. The maximum absolute atomic E-state index is 12.1. The third-order valence-corrected chi connectivity index (χ3v) is 3.74. The van der Waals surface area contributed by atoms with E-state index in [1.165, 1.54) is 7.11 Å². The number of carbonyl (C=O) groups excluding carboxylic acids is 1. The fourth-order valence-corrected chi connectivity index (χ4v) is 2.51. The van der Waals surface area contributed by atoms with Crippen molar-refractivity contribution in [1.82, 2.24) is 10.3 Å². The van der Waals surface area contributed by atoms with Crippen LogP contribution in [0.25, 0.3) is 11.0 Å². The highest BCUT2D eigenvalue weighted by Gasteiger charge is 2.25. The summed E-state index contributed by atoms with van der Waals surface area (Å²) in [7, 11) is 1.37. The van der Waals surface area contributed by atoms with Crippen molar-refractivity contribution in [2.75, 3.05) is 7.11 Å². The van der Waals surface area contributed by atoms with Gasteiger partial charge in [0.1, 0.15) is 17.4 Å².